The molecule has 5 nitrogen and oxygen atoms in total. The molecule has 3 heterocycles. The van der Waals surface area contributed by atoms with E-state index in [1.54, 1.807) is 19.2 Å². The van der Waals surface area contributed by atoms with Crippen LogP contribution in [0.1, 0.15) is 29.2 Å². The van der Waals surface area contributed by atoms with Crippen LogP contribution in [0, 0.1) is 11.7 Å². The molecule has 2 atom stereocenters. The SMILES string of the molecule is COCCN(Cc1ccccc1F)Cc1ccc2n(c1=O)C[C@@H]1CNC[C@H]2C1. The zero-order chi connectivity index (χ0) is 19.5. The Morgan fingerprint density at radius 3 is 2.82 bits per heavy atom. The Labute approximate surface area is 165 Å². The summed E-state index contributed by atoms with van der Waals surface area (Å²) in [7, 11) is 1.65. The number of piperidine rings is 1. The van der Waals surface area contributed by atoms with Crippen molar-refractivity contribution >= 4 is 0 Å². The normalized spacial score (nSPS) is 21.0. The van der Waals surface area contributed by atoms with Crippen molar-refractivity contribution in [3.05, 3.63) is 69.4 Å². The van der Waals surface area contributed by atoms with Crippen LogP contribution in [0.3, 0.4) is 0 Å². The molecular weight excluding hydrogens is 357 g/mol. The fourth-order valence-corrected chi connectivity index (χ4v) is 4.50. The topological polar surface area (TPSA) is 46.5 Å². The van der Waals surface area contributed by atoms with E-state index in [1.165, 1.54) is 12.5 Å². The number of aromatic nitrogens is 1. The van der Waals surface area contributed by atoms with Gasteiger partial charge in [0.15, 0.2) is 0 Å². The molecule has 6 heteroatoms. The van der Waals surface area contributed by atoms with Crippen LogP contribution >= 0.6 is 0 Å². The summed E-state index contributed by atoms with van der Waals surface area (Å²) in [6.07, 6.45) is 1.17. The Morgan fingerprint density at radius 2 is 2.00 bits per heavy atom. The summed E-state index contributed by atoms with van der Waals surface area (Å²) in [5, 5.41) is 3.48. The van der Waals surface area contributed by atoms with Crippen LogP contribution in [0.4, 0.5) is 4.39 Å². The second-order valence-corrected chi connectivity index (χ2v) is 7.95. The van der Waals surface area contributed by atoms with Gasteiger partial charge in [0.25, 0.3) is 5.56 Å². The molecule has 0 radical (unpaired) electrons. The second kappa shape index (κ2) is 8.55. The number of methoxy groups -OCH3 is 1. The maximum Gasteiger partial charge on any atom is 0.255 e. The smallest absolute Gasteiger partial charge is 0.255 e. The number of nitrogens with zero attached hydrogens (tertiary/aromatic N) is 2. The zero-order valence-electron chi connectivity index (χ0n) is 16.4. The Bertz CT molecular complexity index is 882. The third-order valence-electron chi connectivity index (χ3n) is 5.94. The van der Waals surface area contributed by atoms with Gasteiger partial charge in [-0.05, 0) is 31.0 Å². The Kier molecular flexibility index (Phi) is 5.90. The summed E-state index contributed by atoms with van der Waals surface area (Å²) in [4.78, 5) is 15.3. The number of hydrogen-bond donors (Lipinski definition) is 1. The molecule has 1 fully saturated rings. The zero-order valence-corrected chi connectivity index (χ0v) is 16.4. The molecule has 0 unspecified atom stereocenters. The number of benzene rings is 1. The molecule has 28 heavy (non-hydrogen) atoms. The molecule has 0 amide bonds. The van der Waals surface area contributed by atoms with Crippen LogP contribution in [0.2, 0.25) is 0 Å². The summed E-state index contributed by atoms with van der Waals surface area (Å²) >= 11 is 0. The van der Waals surface area contributed by atoms with Crippen molar-refractivity contribution in [2.24, 2.45) is 5.92 Å². The second-order valence-electron chi connectivity index (χ2n) is 7.95. The molecular formula is C22H28FN3O2. The first-order chi connectivity index (χ1) is 13.7. The quantitative estimate of drug-likeness (QED) is 0.795. The fraction of sp³-hybridized carbons (Fsp3) is 0.500. The van der Waals surface area contributed by atoms with Gasteiger partial charge in [-0.3, -0.25) is 9.69 Å². The minimum absolute atomic E-state index is 0.102. The van der Waals surface area contributed by atoms with Gasteiger partial charge in [-0.1, -0.05) is 24.3 Å². The number of halogens is 1. The molecule has 2 aliphatic heterocycles. The maximum atomic E-state index is 14.1. The Morgan fingerprint density at radius 1 is 1.18 bits per heavy atom. The molecule has 0 saturated carbocycles. The van der Waals surface area contributed by atoms with Gasteiger partial charge in [-0.15, -0.1) is 0 Å². The van der Waals surface area contributed by atoms with Gasteiger partial charge in [-0.2, -0.15) is 0 Å². The first-order valence-corrected chi connectivity index (χ1v) is 10.0. The van der Waals surface area contributed by atoms with Gasteiger partial charge in [0.05, 0.1) is 6.61 Å². The molecule has 1 aromatic heterocycles. The summed E-state index contributed by atoms with van der Waals surface area (Å²) in [5.41, 5.74) is 2.65. The van der Waals surface area contributed by atoms with Gasteiger partial charge >= 0.3 is 0 Å². The third-order valence-corrected chi connectivity index (χ3v) is 5.94. The van der Waals surface area contributed by atoms with Crippen LogP contribution in [-0.4, -0.2) is 42.8 Å². The molecule has 2 aliphatic rings. The minimum Gasteiger partial charge on any atom is -0.383 e. The van der Waals surface area contributed by atoms with E-state index in [0.29, 0.717) is 43.6 Å². The standard InChI is InChI=1S/C22H28FN3O2/c1-28-9-8-25(14-17-4-2-3-5-20(17)23)15-18-6-7-21-19-10-16(11-24-12-19)13-26(21)22(18)27/h2-7,16,19,24H,8-15H2,1H3/t16-,19+/m0/s1. The Balaban J connectivity index is 1.57. The van der Waals surface area contributed by atoms with Crippen molar-refractivity contribution in [1.29, 1.82) is 0 Å². The van der Waals surface area contributed by atoms with Crippen LogP contribution in [-0.2, 0) is 24.4 Å². The fourth-order valence-electron chi connectivity index (χ4n) is 4.50. The number of hydrogen-bond acceptors (Lipinski definition) is 4. The average molecular weight is 385 g/mol. The third kappa shape index (κ3) is 4.04. The van der Waals surface area contributed by atoms with E-state index in [9.17, 15) is 9.18 Å². The van der Waals surface area contributed by atoms with Crippen LogP contribution in [0.15, 0.2) is 41.2 Å². The lowest BCUT2D eigenvalue weighted by Crippen LogP contribution is -2.45. The highest BCUT2D eigenvalue weighted by atomic mass is 19.1. The summed E-state index contributed by atoms with van der Waals surface area (Å²) in [6.45, 7) is 4.84. The molecule has 150 valence electrons. The molecule has 1 saturated heterocycles. The van der Waals surface area contributed by atoms with Gasteiger partial charge in [0.1, 0.15) is 5.82 Å². The van der Waals surface area contributed by atoms with Crippen LogP contribution in [0.25, 0.3) is 0 Å². The summed E-state index contributed by atoms with van der Waals surface area (Å²) < 4.78 is 21.3. The molecule has 2 aromatic rings. The Hall–Kier alpha value is -2.02. The van der Waals surface area contributed by atoms with E-state index in [-0.39, 0.29) is 11.4 Å². The average Bonchev–Trinajstić information content (AvgIpc) is 2.70. The molecule has 1 aromatic carbocycles. The largest absolute Gasteiger partial charge is 0.383 e. The first-order valence-electron chi connectivity index (χ1n) is 10.0. The summed E-state index contributed by atoms with van der Waals surface area (Å²) in [6, 6.07) is 10.9. The lowest BCUT2D eigenvalue weighted by Gasteiger charge is -2.37. The predicted molar refractivity (Wildman–Crippen MR) is 107 cm³/mol. The number of rotatable bonds is 7. The van der Waals surface area contributed by atoms with Crippen molar-refractivity contribution in [1.82, 2.24) is 14.8 Å². The van der Waals surface area contributed by atoms with Gasteiger partial charge < -0.3 is 14.6 Å². The van der Waals surface area contributed by atoms with Gasteiger partial charge in [-0.25, -0.2) is 4.39 Å². The molecule has 4 rings (SSSR count). The van der Waals surface area contributed by atoms with E-state index in [4.69, 9.17) is 4.74 Å². The van der Waals surface area contributed by atoms with Crippen LogP contribution in [0.5, 0.6) is 0 Å². The maximum absolute atomic E-state index is 14.1. The molecule has 2 bridgehead atoms. The van der Waals surface area contributed by atoms with Crippen LogP contribution < -0.4 is 10.9 Å². The van der Waals surface area contributed by atoms with E-state index in [1.807, 2.05) is 16.7 Å². The van der Waals surface area contributed by atoms with Crippen molar-refractivity contribution in [2.75, 3.05) is 33.4 Å². The van der Waals surface area contributed by atoms with Gasteiger partial charge in [0.2, 0.25) is 0 Å². The number of fused-ring (bicyclic) bond motifs is 4. The highest BCUT2D eigenvalue weighted by molar-refractivity contribution is 5.23. The highest BCUT2D eigenvalue weighted by Gasteiger charge is 2.31. The molecule has 1 N–H and O–H groups in total. The van der Waals surface area contributed by atoms with Crippen molar-refractivity contribution in [3.63, 3.8) is 0 Å². The van der Waals surface area contributed by atoms with E-state index in [0.717, 1.165) is 30.9 Å². The highest BCUT2D eigenvalue weighted by Crippen LogP contribution is 2.31. The predicted octanol–water partition coefficient (Wildman–Crippen LogP) is 2.34. The lowest BCUT2D eigenvalue weighted by molar-refractivity contribution is 0.138. The minimum atomic E-state index is -0.215. The molecule has 0 aliphatic carbocycles. The van der Waals surface area contributed by atoms with E-state index < -0.39 is 0 Å². The lowest BCUT2D eigenvalue weighted by atomic mass is 9.84. The number of ether oxygens (including phenoxy) is 1. The summed E-state index contributed by atoms with van der Waals surface area (Å²) in [5.74, 6) is 0.742. The number of nitrogens with one attached hydrogen (secondary N) is 1. The van der Waals surface area contributed by atoms with E-state index in [2.05, 4.69) is 16.3 Å². The van der Waals surface area contributed by atoms with Gasteiger partial charge in [0, 0.05) is 62.6 Å². The molecule has 0 spiro atoms. The van der Waals surface area contributed by atoms with E-state index >= 15 is 0 Å². The monoisotopic (exact) mass is 385 g/mol. The first kappa shape index (κ1) is 19.3. The van der Waals surface area contributed by atoms with Crippen molar-refractivity contribution < 1.29 is 9.13 Å². The van der Waals surface area contributed by atoms with Crippen molar-refractivity contribution in [3.8, 4) is 0 Å². The van der Waals surface area contributed by atoms with Crippen molar-refractivity contribution in [2.45, 2.75) is 32.0 Å². The number of pyridine rings is 1.